The van der Waals surface area contributed by atoms with Crippen LogP contribution in [0.1, 0.15) is 94.4 Å². The number of ether oxygens (including phenoxy) is 5. The molecule has 1 N–H and O–H groups in total. The van der Waals surface area contributed by atoms with Gasteiger partial charge in [-0.05, 0) is 98.9 Å². The fourth-order valence-electron chi connectivity index (χ4n) is 9.73. The van der Waals surface area contributed by atoms with Gasteiger partial charge in [0.1, 0.15) is 29.5 Å². The lowest BCUT2D eigenvalue weighted by atomic mass is 9.78. The molecule has 2 aromatic heterocycles. The van der Waals surface area contributed by atoms with Crippen LogP contribution in [0.25, 0.3) is 11.4 Å². The van der Waals surface area contributed by atoms with Gasteiger partial charge in [0.25, 0.3) is 0 Å². The van der Waals surface area contributed by atoms with Gasteiger partial charge >= 0.3 is 12.1 Å². The van der Waals surface area contributed by atoms with E-state index in [1.165, 1.54) is 21.0 Å². The molecule has 3 saturated heterocycles. The Morgan fingerprint density at radius 3 is 2.38 bits per heavy atom. The Hall–Kier alpha value is -4.10. The molecule has 5 heterocycles. The zero-order chi connectivity index (χ0) is 45.0. The number of likely N-dealkylation sites (N-methyl/N-ethyl adjacent to an activating group) is 1. The smallest absolute Gasteiger partial charge is 0.410 e. The van der Waals surface area contributed by atoms with Crippen LogP contribution < -0.4 is 0 Å². The number of unbranched alkanes of at least 4 members (excludes halogenated alkanes) is 1. The summed E-state index contributed by atoms with van der Waals surface area (Å²) in [5.74, 6) is -3.84. The molecule has 3 aliphatic heterocycles. The van der Waals surface area contributed by atoms with E-state index in [0.29, 0.717) is 43.6 Å². The zero-order valence-electron chi connectivity index (χ0n) is 38.0. The van der Waals surface area contributed by atoms with Gasteiger partial charge in [-0.2, -0.15) is 5.10 Å². The quantitative estimate of drug-likeness (QED) is 0.195. The van der Waals surface area contributed by atoms with E-state index in [1.54, 1.807) is 52.9 Å². The molecule has 0 radical (unpaired) electrons. The molecule has 2 aromatic rings. The van der Waals surface area contributed by atoms with Crippen molar-refractivity contribution in [2.45, 2.75) is 161 Å². The Labute approximate surface area is 359 Å². The van der Waals surface area contributed by atoms with Crippen LogP contribution in [0.4, 0.5) is 4.79 Å². The second-order valence-electron chi connectivity index (χ2n) is 18.0. The van der Waals surface area contributed by atoms with Gasteiger partial charge in [0, 0.05) is 51.8 Å². The van der Waals surface area contributed by atoms with Crippen LogP contribution in [0.2, 0.25) is 0 Å². The molecule has 2 amide bonds. The zero-order valence-corrected chi connectivity index (χ0v) is 38.0. The lowest BCUT2D eigenvalue weighted by molar-refractivity contribution is -0.295. The standard InChI is InChI=1S/C43H68N8O10/c1-13-34-43(9)37(50(41(56)61-43)20-15-14-19-49-24-32(46-47-49)31-17-16-18-44-45-31)29(6)51(30(7)52)23-25(2)22-42(8,57-12)38(27(4)35(53)28(5)39(55)59-34)60-40-36(54)33(48(10)11)21-26(3)58-40/h16-18,24-29,33-34,36-38,40,54H,13-15,19-23H2,1-12H3/t25-,26?,27-,28-,29-,33?,34-,36?,37-,38-,40+,42-,43-/m1/s1. The number of ketones is 1. The van der Waals surface area contributed by atoms with Gasteiger partial charge in [0.15, 0.2) is 17.7 Å². The molecule has 3 unspecified atom stereocenters. The van der Waals surface area contributed by atoms with Crippen LogP contribution in [-0.2, 0) is 44.6 Å². The molecule has 5 rings (SSSR count). The van der Waals surface area contributed by atoms with Gasteiger partial charge in [-0.25, -0.2) is 4.79 Å². The third-order valence-corrected chi connectivity index (χ3v) is 13.1. The predicted octanol–water partition coefficient (Wildman–Crippen LogP) is 3.75. The molecule has 61 heavy (non-hydrogen) atoms. The molecule has 0 saturated carbocycles. The first kappa shape index (κ1) is 47.9. The number of rotatable bonds is 11. The van der Waals surface area contributed by atoms with Crippen LogP contribution in [0, 0.1) is 17.8 Å². The van der Waals surface area contributed by atoms with E-state index in [4.69, 9.17) is 23.7 Å². The van der Waals surface area contributed by atoms with E-state index in [-0.39, 0.29) is 43.5 Å². The highest BCUT2D eigenvalue weighted by molar-refractivity contribution is 6.00. The third kappa shape index (κ3) is 10.4. The summed E-state index contributed by atoms with van der Waals surface area (Å²) in [6.07, 6.45) is 0.805. The Morgan fingerprint density at radius 1 is 1.05 bits per heavy atom. The number of nitrogens with zero attached hydrogens (tertiary/aromatic N) is 8. The van der Waals surface area contributed by atoms with Gasteiger partial charge in [0.05, 0.1) is 36.1 Å². The molecule has 3 fully saturated rings. The number of aliphatic hydroxyl groups excluding tert-OH is 1. The number of aliphatic hydroxyl groups is 1. The summed E-state index contributed by atoms with van der Waals surface area (Å²) >= 11 is 0. The monoisotopic (exact) mass is 857 g/mol. The maximum absolute atomic E-state index is 14.5. The maximum Gasteiger partial charge on any atom is 0.410 e. The predicted molar refractivity (Wildman–Crippen MR) is 223 cm³/mol. The largest absolute Gasteiger partial charge is 0.458 e. The first-order valence-electron chi connectivity index (χ1n) is 21.7. The molecule has 3 aliphatic rings. The molecule has 13 atom stereocenters. The average molecular weight is 857 g/mol. The number of cyclic esters (lactones) is 1. The molecule has 0 aromatic carbocycles. The van der Waals surface area contributed by atoms with Crippen LogP contribution in [0.5, 0.6) is 0 Å². The van der Waals surface area contributed by atoms with Crippen molar-refractivity contribution in [3.05, 3.63) is 24.5 Å². The molecule has 340 valence electrons. The van der Waals surface area contributed by atoms with Crippen LogP contribution in [-0.4, -0.2) is 163 Å². The van der Waals surface area contributed by atoms with E-state index in [9.17, 15) is 24.3 Å². The Bertz CT molecular complexity index is 1820. The molecule has 0 spiro atoms. The van der Waals surface area contributed by atoms with E-state index >= 15 is 0 Å². The number of esters is 1. The molecule has 0 aliphatic carbocycles. The highest BCUT2D eigenvalue weighted by atomic mass is 16.7. The SMILES string of the molecule is CC[C@H]1OC(=O)[C@H](C)C(=O)[C@@H](C)[C@@H](O[C@@H]2OC(C)CC(N(C)C)C2O)[C@](C)(OC)C[C@@H](C)CN(C(C)=O)[C@H](C)[C@H]2N(CCCCn3cc(-c4cccnn4)nn3)C(=O)O[C@]12C. The fourth-order valence-corrected chi connectivity index (χ4v) is 9.73. The number of amides is 2. The summed E-state index contributed by atoms with van der Waals surface area (Å²) in [5, 5.41) is 28.0. The second kappa shape index (κ2) is 19.9. The van der Waals surface area contributed by atoms with Gasteiger partial charge in [-0.3, -0.25) is 24.0 Å². The van der Waals surface area contributed by atoms with Gasteiger partial charge < -0.3 is 38.6 Å². The van der Waals surface area contributed by atoms with Crippen LogP contribution in [0.15, 0.2) is 24.5 Å². The number of carbonyl (C=O) groups is 4. The van der Waals surface area contributed by atoms with Gasteiger partial charge in [-0.1, -0.05) is 26.0 Å². The summed E-state index contributed by atoms with van der Waals surface area (Å²) in [4.78, 5) is 61.6. The minimum Gasteiger partial charge on any atom is -0.458 e. The van der Waals surface area contributed by atoms with Crippen molar-refractivity contribution >= 4 is 23.8 Å². The Balaban J connectivity index is 1.46. The van der Waals surface area contributed by atoms with Crippen molar-refractivity contribution in [2.24, 2.45) is 17.8 Å². The average Bonchev–Trinajstić information content (AvgIpc) is 3.80. The molecule has 18 nitrogen and oxygen atoms in total. The number of fused-ring (bicyclic) bond motifs is 1. The lowest BCUT2D eigenvalue weighted by Crippen LogP contribution is -2.62. The van der Waals surface area contributed by atoms with Crippen molar-refractivity contribution in [3.8, 4) is 11.4 Å². The number of carbonyl (C=O) groups excluding carboxylic acids is 4. The Morgan fingerprint density at radius 2 is 1.75 bits per heavy atom. The topological polar surface area (TPSA) is 201 Å². The number of Topliss-reactive ketones (excluding diaryl/α,β-unsaturated/α-hetero) is 1. The Kier molecular flexibility index (Phi) is 15.7. The summed E-state index contributed by atoms with van der Waals surface area (Å²) < 4.78 is 33.3. The number of aromatic nitrogens is 5. The van der Waals surface area contributed by atoms with Gasteiger partial charge in [0.2, 0.25) is 5.91 Å². The summed E-state index contributed by atoms with van der Waals surface area (Å²) in [6, 6.07) is 1.97. The van der Waals surface area contributed by atoms with Crippen molar-refractivity contribution < 1.29 is 48.0 Å². The van der Waals surface area contributed by atoms with Crippen molar-refractivity contribution in [2.75, 3.05) is 34.3 Å². The minimum atomic E-state index is -1.40. The number of aryl methyl sites for hydroxylation is 1. The summed E-state index contributed by atoms with van der Waals surface area (Å²) in [5.41, 5.74) is -1.36. The summed E-state index contributed by atoms with van der Waals surface area (Å²) in [7, 11) is 5.30. The maximum atomic E-state index is 14.5. The number of hydrogen-bond acceptors (Lipinski definition) is 15. The molecular formula is C43H68N8O10. The number of hydrogen-bond donors (Lipinski definition) is 1. The lowest BCUT2D eigenvalue weighted by Gasteiger charge is -2.47. The minimum absolute atomic E-state index is 0.216. The summed E-state index contributed by atoms with van der Waals surface area (Å²) in [6.45, 7) is 17.0. The van der Waals surface area contributed by atoms with E-state index in [2.05, 4.69) is 20.5 Å². The molecular weight excluding hydrogens is 789 g/mol. The van der Waals surface area contributed by atoms with E-state index in [0.717, 1.165) is 0 Å². The van der Waals surface area contributed by atoms with Crippen LogP contribution in [0.3, 0.4) is 0 Å². The van der Waals surface area contributed by atoms with Gasteiger partial charge in [-0.15, -0.1) is 10.2 Å². The normalized spacial score (nSPS) is 35.6. The highest BCUT2D eigenvalue weighted by Crippen LogP contribution is 2.41. The number of methoxy groups -OCH3 is 1. The second-order valence-corrected chi connectivity index (χ2v) is 18.0. The third-order valence-electron chi connectivity index (χ3n) is 13.1. The highest BCUT2D eigenvalue weighted by Gasteiger charge is 2.60. The van der Waals surface area contributed by atoms with E-state index in [1.807, 2.05) is 53.6 Å². The first-order chi connectivity index (χ1) is 28.8. The van der Waals surface area contributed by atoms with E-state index < -0.39 is 77.6 Å². The molecule has 0 bridgehead atoms. The first-order valence-corrected chi connectivity index (χ1v) is 21.7. The molecule has 18 heteroatoms. The van der Waals surface area contributed by atoms with Crippen molar-refractivity contribution in [3.63, 3.8) is 0 Å². The fraction of sp³-hybridized carbons (Fsp3) is 0.767. The van der Waals surface area contributed by atoms with Crippen molar-refractivity contribution in [1.82, 2.24) is 39.9 Å². The van der Waals surface area contributed by atoms with Crippen molar-refractivity contribution in [1.29, 1.82) is 0 Å². The van der Waals surface area contributed by atoms with Crippen LogP contribution >= 0.6 is 0 Å².